The molecule has 0 heterocycles. The summed E-state index contributed by atoms with van der Waals surface area (Å²) in [4.78, 5) is 12.0. The molecule has 0 bridgehead atoms. The van der Waals surface area contributed by atoms with Crippen molar-refractivity contribution in [2.24, 2.45) is 0 Å². The van der Waals surface area contributed by atoms with E-state index in [0.29, 0.717) is 11.6 Å². The van der Waals surface area contributed by atoms with Crippen LogP contribution in [0.25, 0.3) is 0 Å². The molecule has 0 saturated carbocycles. The van der Waals surface area contributed by atoms with Crippen LogP contribution in [-0.4, -0.2) is 6.03 Å². The summed E-state index contributed by atoms with van der Waals surface area (Å²) in [5.41, 5.74) is 1.60. The van der Waals surface area contributed by atoms with Gasteiger partial charge in [-0.3, -0.25) is 0 Å². The van der Waals surface area contributed by atoms with Crippen LogP contribution >= 0.6 is 11.6 Å². The molecule has 0 aromatic heterocycles. The molecule has 2 amide bonds. The van der Waals surface area contributed by atoms with Crippen molar-refractivity contribution >= 4 is 17.6 Å². The molecule has 0 aliphatic carbocycles. The quantitative estimate of drug-likeness (QED) is 0.878. The first-order chi connectivity index (χ1) is 9.97. The summed E-state index contributed by atoms with van der Waals surface area (Å²) in [7, 11) is 0. The number of hydrogen-bond acceptors (Lipinski definition) is 1. The fourth-order valence-electron chi connectivity index (χ4n) is 2.04. The van der Waals surface area contributed by atoms with E-state index in [1.807, 2.05) is 68.4 Å². The second-order valence-corrected chi connectivity index (χ2v) is 5.86. The van der Waals surface area contributed by atoms with Crippen LogP contribution in [0.15, 0.2) is 54.6 Å². The van der Waals surface area contributed by atoms with Gasteiger partial charge in [-0.25, -0.2) is 4.79 Å². The molecular formula is C17H19ClN2O. The first-order valence-corrected chi connectivity index (χ1v) is 7.21. The topological polar surface area (TPSA) is 41.1 Å². The first-order valence-electron chi connectivity index (χ1n) is 6.83. The normalized spacial score (nSPS) is 11.0. The van der Waals surface area contributed by atoms with E-state index in [2.05, 4.69) is 10.6 Å². The largest absolute Gasteiger partial charge is 0.334 e. The Balaban J connectivity index is 1.93. The fourth-order valence-corrected chi connectivity index (χ4v) is 2.17. The maximum Gasteiger partial charge on any atom is 0.315 e. The molecule has 0 radical (unpaired) electrons. The molecule has 2 rings (SSSR count). The summed E-state index contributed by atoms with van der Waals surface area (Å²) in [6, 6.07) is 17.1. The third kappa shape index (κ3) is 4.50. The second kappa shape index (κ2) is 6.64. The van der Waals surface area contributed by atoms with Crippen LogP contribution < -0.4 is 10.6 Å². The van der Waals surface area contributed by atoms with Gasteiger partial charge in [0.15, 0.2) is 0 Å². The highest BCUT2D eigenvalue weighted by Gasteiger charge is 2.22. The SMILES string of the molecule is CC(C)(NC(=O)NCc1ccccc1)c1ccc(Cl)cc1. The lowest BCUT2D eigenvalue weighted by Gasteiger charge is -2.27. The summed E-state index contributed by atoms with van der Waals surface area (Å²) in [5.74, 6) is 0. The Labute approximate surface area is 130 Å². The van der Waals surface area contributed by atoms with Crippen molar-refractivity contribution in [3.63, 3.8) is 0 Å². The lowest BCUT2D eigenvalue weighted by Crippen LogP contribution is -2.46. The standard InChI is InChI=1S/C17H19ClN2O/c1-17(2,14-8-10-15(18)11-9-14)20-16(21)19-12-13-6-4-3-5-7-13/h3-11H,12H2,1-2H3,(H2,19,20,21). The van der Waals surface area contributed by atoms with Gasteiger partial charge in [0.05, 0.1) is 5.54 Å². The zero-order valence-corrected chi connectivity index (χ0v) is 12.9. The van der Waals surface area contributed by atoms with Gasteiger partial charge in [-0.1, -0.05) is 54.1 Å². The van der Waals surface area contributed by atoms with E-state index < -0.39 is 5.54 Å². The number of carbonyl (C=O) groups excluding carboxylic acids is 1. The molecule has 0 atom stereocenters. The summed E-state index contributed by atoms with van der Waals surface area (Å²) in [6.07, 6.45) is 0. The van der Waals surface area contributed by atoms with E-state index in [9.17, 15) is 4.79 Å². The monoisotopic (exact) mass is 302 g/mol. The molecule has 21 heavy (non-hydrogen) atoms. The lowest BCUT2D eigenvalue weighted by atomic mass is 9.94. The van der Waals surface area contributed by atoms with E-state index in [-0.39, 0.29) is 6.03 Å². The molecule has 0 aliphatic rings. The van der Waals surface area contributed by atoms with Crippen LogP contribution in [0.2, 0.25) is 5.02 Å². The fraction of sp³-hybridized carbons (Fsp3) is 0.235. The maximum absolute atomic E-state index is 12.0. The minimum atomic E-state index is -0.467. The van der Waals surface area contributed by atoms with Crippen LogP contribution in [0.5, 0.6) is 0 Å². The number of rotatable bonds is 4. The molecule has 0 aliphatic heterocycles. The Kier molecular flexibility index (Phi) is 4.86. The molecule has 0 saturated heterocycles. The van der Waals surface area contributed by atoms with E-state index in [4.69, 9.17) is 11.6 Å². The van der Waals surface area contributed by atoms with Gasteiger partial charge in [0.1, 0.15) is 0 Å². The number of halogens is 1. The van der Waals surface area contributed by atoms with Crippen molar-refractivity contribution in [2.45, 2.75) is 25.9 Å². The average molecular weight is 303 g/mol. The Bertz CT molecular complexity index is 594. The van der Waals surface area contributed by atoms with Gasteiger partial charge in [0, 0.05) is 11.6 Å². The molecule has 2 aromatic carbocycles. The highest BCUT2D eigenvalue weighted by Crippen LogP contribution is 2.21. The molecule has 0 unspecified atom stereocenters. The maximum atomic E-state index is 12.0. The second-order valence-electron chi connectivity index (χ2n) is 5.43. The van der Waals surface area contributed by atoms with Gasteiger partial charge in [-0.05, 0) is 37.1 Å². The smallest absolute Gasteiger partial charge is 0.315 e. The Morgan fingerprint density at radius 3 is 2.29 bits per heavy atom. The number of carbonyl (C=O) groups is 1. The van der Waals surface area contributed by atoms with Crippen molar-refractivity contribution in [3.8, 4) is 0 Å². The van der Waals surface area contributed by atoms with Crippen molar-refractivity contribution in [1.29, 1.82) is 0 Å². The summed E-state index contributed by atoms with van der Waals surface area (Å²) in [6.45, 7) is 4.42. The highest BCUT2D eigenvalue weighted by molar-refractivity contribution is 6.30. The van der Waals surface area contributed by atoms with Crippen molar-refractivity contribution in [2.75, 3.05) is 0 Å². The molecule has 0 fully saturated rings. The van der Waals surface area contributed by atoms with E-state index >= 15 is 0 Å². The number of hydrogen-bond donors (Lipinski definition) is 2. The number of urea groups is 1. The predicted molar refractivity (Wildman–Crippen MR) is 86.3 cm³/mol. The third-order valence-electron chi connectivity index (χ3n) is 3.29. The van der Waals surface area contributed by atoms with Gasteiger partial charge in [0.25, 0.3) is 0 Å². The minimum Gasteiger partial charge on any atom is -0.334 e. The zero-order valence-electron chi connectivity index (χ0n) is 12.2. The minimum absolute atomic E-state index is 0.196. The third-order valence-corrected chi connectivity index (χ3v) is 3.54. The van der Waals surface area contributed by atoms with Crippen LogP contribution in [0, 0.1) is 0 Å². The average Bonchev–Trinajstić information content (AvgIpc) is 2.46. The van der Waals surface area contributed by atoms with Crippen LogP contribution in [0.1, 0.15) is 25.0 Å². The van der Waals surface area contributed by atoms with Gasteiger partial charge < -0.3 is 10.6 Å². The molecular weight excluding hydrogens is 284 g/mol. The number of benzene rings is 2. The van der Waals surface area contributed by atoms with E-state index in [0.717, 1.165) is 11.1 Å². The van der Waals surface area contributed by atoms with Crippen molar-refractivity contribution in [1.82, 2.24) is 10.6 Å². The highest BCUT2D eigenvalue weighted by atomic mass is 35.5. The van der Waals surface area contributed by atoms with Crippen LogP contribution in [0.4, 0.5) is 4.79 Å². The molecule has 3 nitrogen and oxygen atoms in total. The van der Waals surface area contributed by atoms with Crippen molar-refractivity contribution in [3.05, 3.63) is 70.7 Å². The Morgan fingerprint density at radius 2 is 1.67 bits per heavy atom. The molecule has 2 N–H and O–H groups in total. The van der Waals surface area contributed by atoms with Crippen molar-refractivity contribution < 1.29 is 4.79 Å². The van der Waals surface area contributed by atoms with Gasteiger partial charge in [0.2, 0.25) is 0 Å². The van der Waals surface area contributed by atoms with E-state index in [1.54, 1.807) is 0 Å². The first kappa shape index (κ1) is 15.4. The summed E-state index contributed by atoms with van der Waals surface area (Å²) in [5, 5.41) is 6.51. The van der Waals surface area contributed by atoms with Gasteiger partial charge in [-0.15, -0.1) is 0 Å². The zero-order chi connectivity index (χ0) is 15.3. The molecule has 110 valence electrons. The molecule has 4 heteroatoms. The molecule has 0 spiro atoms. The Hall–Kier alpha value is -2.00. The molecule has 2 aromatic rings. The lowest BCUT2D eigenvalue weighted by molar-refractivity contribution is 0.229. The van der Waals surface area contributed by atoms with E-state index in [1.165, 1.54) is 0 Å². The van der Waals surface area contributed by atoms with Crippen LogP contribution in [0.3, 0.4) is 0 Å². The van der Waals surface area contributed by atoms with Crippen LogP contribution in [-0.2, 0) is 12.1 Å². The summed E-state index contributed by atoms with van der Waals surface area (Å²) < 4.78 is 0. The van der Waals surface area contributed by atoms with Gasteiger partial charge >= 0.3 is 6.03 Å². The summed E-state index contributed by atoms with van der Waals surface area (Å²) >= 11 is 5.89. The number of amides is 2. The predicted octanol–water partition coefficient (Wildman–Crippen LogP) is 4.07. The Morgan fingerprint density at radius 1 is 1.05 bits per heavy atom. The van der Waals surface area contributed by atoms with Gasteiger partial charge in [-0.2, -0.15) is 0 Å². The number of nitrogens with one attached hydrogen (secondary N) is 2.